The third kappa shape index (κ3) is 2.94. The molecule has 156 valence electrons. The van der Waals surface area contributed by atoms with Crippen LogP contribution in [0.2, 0.25) is 0 Å². The first kappa shape index (κ1) is 20.6. The normalized spacial score (nSPS) is 13.6. The van der Waals surface area contributed by atoms with Crippen LogP contribution < -0.4 is 21.5 Å². The Morgan fingerprint density at radius 3 is 2.57 bits per heavy atom. The lowest BCUT2D eigenvalue weighted by Crippen LogP contribution is -2.16. The van der Waals surface area contributed by atoms with E-state index in [-0.39, 0.29) is 29.2 Å². The number of hydrogen-bond acceptors (Lipinski definition) is 5. The van der Waals surface area contributed by atoms with Gasteiger partial charge in [-0.2, -0.15) is 0 Å². The average molecular weight is 448 g/mol. The third-order valence-corrected chi connectivity index (χ3v) is 6.30. The van der Waals surface area contributed by atoms with Gasteiger partial charge in [-0.1, -0.05) is 24.3 Å². The zero-order valence-corrected chi connectivity index (χ0v) is 17.7. The van der Waals surface area contributed by atoms with Crippen LogP contribution in [0.4, 0.5) is 4.39 Å². The molecule has 0 aliphatic heterocycles. The van der Waals surface area contributed by atoms with E-state index in [0.29, 0.717) is 33.8 Å². The number of nitrogens with one attached hydrogen (secondary N) is 1. The highest BCUT2D eigenvalue weighted by Crippen LogP contribution is 2.45. The number of aromatic amines is 1. The lowest BCUT2D eigenvalue weighted by Gasteiger charge is -2.18. The van der Waals surface area contributed by atoms with E-state index >= 15 is 4.39 Å². The molecule has 0 spiro atoms. The van der Waals surface area contributed by atoms with Crippen LogP contribution in [0.1, 0.15) is 24.4 Å². The van der Waals surface area contributed by atoms with Gasteiger partial charge in [0.1, 0.15) is 16.0 Å². The molecule has 9 heteroatoms. The van der Waals surface area contributed by atoms with Crippen molar-refractivity contribution in [1.29, 1.82) is 0 Å². The smallest absolute Gasteiger partial charge is 0.271 e. The van der Waals surface area contributed by atoms with E-state index in [9.17, 15) is 9.59 Å². The Labute approximate surface area is 180 Å². The summed E-state index contributed by atoms with van der Waals surface area (Å²) in [5, 5.41) is 0.237. The molecule has 0 saturated heterocycles. The van der Waals surface area contributed by atoms with Crippen molar-refractivity contribution in [1.82, 2.24) is 8.94 Å². The third-order valence-electron chi connectivity index (χ3n) is 5.41. The molecule has 6 nitrogen and oxygen atoms in total. The molecule has 0 amide bonds. The number of methoxy groups -OCH3 is 1. The SMILES string of the molecule is COc1c(-c2ccc(CN)cc2)c(F)cc2c(=O)c3c(=O)[nH]sc3n(C3CC3)c12.Cl. The Morgan fingerprint density at radius 1 is 1.27 bits per heavy atom. The Balaban J connectivity index is 0.00000218. The molecule has 1 aliphatic carbocycles. The molecule has 0 bridgehead atoms. The molecule has 2 aromatic carbocycles. The minimum absolute atomic E-state index is 0. The van der Waals surface area contributed by atoms with Gasteiger partial charge in [0.15, 0.2) is 5.75 Å². The zero-order chi connectivity index (χ0) is 20.3. The summed E-state index contributed by atoms with van der Waals surface area (Å²) in [4.78, 5) is 25.9. The molecule has 2 heterocycles. The monoisotopic (exact) mass is 447 g/mol. The number of pyridine rings is 1. The van der Waals surface area contributed by atoms with Crippen LogP contribution in [0.15, 0.2) is 39.9 Å². The molecule has 1 fully saturated rings. The lowest BCUT2D eigenvalue weighted by atomic mass is 9.99. The number of hydrogen-bond donors (Lipinski definition) is 2. The predicted octanol–water partition coefficient (Wildman–Crippen LogP) is 3.93. The number of nitrogens with two attached hydrogens (primary N) is 1. The van der Waals surface area contributed by atoms with E-state index in [0.717, 1.165) is 29.9 Å². The fourth-order valence-electron chi connectivity index (χ4n) is 3.88. The summed E-state index contributed by atoms with van der Waals surface area (Å²) < 4.78 is 25.5. The Morgan fingerprint density at radius 2 is 1.97 bits per heavy atom. The molecule has 0 radical (unpaired) electrons. The first-order valence-electron chi connectivity index (χ1n) is 9.30. The van der Waals surface area contributed by atoms with E-state index in [4.69, 9.17) is 10.5 Å². The van der Waals surface area contributed by atoms with E-state index in [2.05, 4.69) is 4.37 Å². The van der Waals surface area contributed by atoms with Gasteiger partial charge in [0.25, 0.3) is 5.56 Å². The highest BCUT2D eigenvalue weighted by atomic mass is 35.5. The maximum Gasteiger partial charge on any atom is 0.271 e. The van der Waals surface area contributed by atoms with E-state index < -0.39 is 16.8 Å². The second-order valence-corrected chi connectivity index (χ2v) is 8.00. The van der Waals surface area contributed by atoms with Crippen LogP contribution in [0.3, 0.4) is 0 Å². The quantitative estimate of drug-likeness (QED) is 0.496. The molecule has 1 aliphatic rings. The number of nitrogens with zero attached hydrogens (tertiary/aromatic N) is 1. The molecular formula is C21H19ClFN3O3S. The summed E-state index contributed by atoms with van der Waals surface area (Å²) in [7, 11) is 1.47. The molecule has 4 aromatic rings. The second-order valence-electron chi connectivity index (χ2n) is 7.21. The highest BCUT2D eigenvalue weighted by Gasteiger charge is 2.31. The fourth-order valence-corrected chi connectivity index (χ4v) is 4.80. The molecule has 5 rings (SSSR count). The van der Waals surface area contributed by atoms with Gasteiger partial charge in [0, 0.05) is 12.6 Å². The second kappa shape index (κ2) is 7.54. The van der Waals surface area contributed by atoms with Gasteiger partial charge in [-0.3, -0.25) is 14.0 Å². The van der Waals surface area contributed by atoms with Gasteiger partial charge in [0.2, 0.25) is 5.43 Å². The minimum Gasteiger partial charge on any atom is -0.494 e. The maximum absolute atomic E-state index is 15.3. The van der Waals surface area contributed by atoms with Gasteiger partial charge in [-0.15, -0.1) is 12.4 Å². The highest BCUT2D eigenvalue weighted by molar-refractivity contribution is 7.12. The summed E-state index contributed by atoms with van der Waals surface area (Å²) in [6, 6.07) is 8.64. The molecule has 1 saturated carbocycles. The summed E-state index contributed by atoms with van der Waals surface area (Å²) >= 11 is 1.13. The van der Waals surface area contributed by atoms with Gasteiger partial charge in [-0.05, 0) is 41.6 Å². The topological polar surface area (TPSA) is 90.1 Å². The number of benzene rings is 2. The van der Waals surface area contributed by atoms with Crippen molar-refractivity contribution < 1.29 is 9.13 Å². The Hall–Kier alpha value is -2.68. The van der Waals surface area contributed by atoms with Crippen LogP contribution in [0.25, 0.3) is 32.2 Å². The van der Waals surface area contributed by atoms with E-state index in [1.54, 1.807) is 12.1 Å². The van der Waals surface area contributed by atoms with Crippen molar-refractivity contribution in [3.63, 3.8) is 0 Å². The lowest BCUT2D eigenvalue weighted by molar-refractivity contribution is 0.416. The van der Waals surface area contributed by atoms with Crippen LogP contribution in [-0.4, -0.2) is 16.1 Å². The Bertz CT molecular complexity index is 1390. The number of H-pyrrole nitrogens is 1. The first-order chi connectivity index (χ1) is 14.0. The van der Waals surface area contributed by atoms with Crippen LogP contribution in [0.5, 0.6) is 5.75 Å². The molecule has 0 atom stereocenters. The number of aromatic nitrogens is 2. The minimum atomic E-state index is -0.569. The molecule has 2 aromatic heterocycles. The summed E-state index contributed by atoms with van der Waals surface area (Å²) in [5.41, 5.74) is 7.14. The molecule has 0 unspecified atom stereocenters. The van der Waals surface area contributed by atoms with Crippen LogP contribution in [-0.2, 0) is 6.54 Å². The van der Waals surface area contributed by atoms with Crippen molar-refractivity contribution >= 4 is 45.1 Å². The average Bonchev–Trinajstić information content (AvgIpc) is 3.50. The van der Waals surface area contributed by atoms with Gasteiger partial charge < -0.3 is 15.0 Å². The van der Waals surface area contributed by atoms with Crippen molar-refractivity contribution in [2.75, 3.05) is 7.11 Å². The fraction of sp³-hybridized carbons (Fsp3) is 0.238. The van der Waals surface area contributed by atoms with Crippen molar-refractivity contribution in [2.45, 2.75) is 25.4 Å². The van der Waals surface area contributed by atoms with Crippen LogP contribution in [0, 0.1) is 5.82 Å². The molecular weight excluding hydrogens is 429 g/mol. The summed E-state index contributed by atoms with van der Waals surface area (Å²) in [6.45, 7) is 0.392. The summed E-state index contributed by atoms with van der Waals surface area (Å²) in [5.74, 6) is -0.271. The molecule has 3 N–H and O–H groups in total. The standard InChI is InChI=1S/C21H18FN3O3S.ClH/c1-28-19-15(11-4-2-10(9-23)3-5-11)14(22)8-13-17(19)25(12-6-7-12)21-16(18(13)26)20(27)24-29-21;/h2-5,8,12H,6-7,9,23H2,1H3,(H,24,27);1H. The van der Waals surface area contributed by atoms with Gasteiger partial charge in [-0.25, -0.2) is 4.39 Å². The maximum atomic E-state index is 15.3. The van der Waals surface area contributed by atoms with E-state index in [1.165, 1.54) is 13.2 Å². The van der Waals surface area contributed by atoms with Gasteiger partial charge in [0.05, 0.1) is 23.6 Å². The van der Waals surface area contributed by atoms with Crippen LogP contribution >= 0.6 is 23.9 Å². The van der Waals surface area contributed by atoms with E-state index in [1.807, 2.05) is 16.7 Å². The molecule has 30 heavy (non-hydrogen) atoms. The van der Waals surface area contributed by atoms with Crippen molar-refractivity contribution in [3.8, 4) is 16.9 Å². The Kier molecular flexibility index (Phi) is 5.17. The summed E-state index contributed by atoms with van der Waals surface area (Å²) in [6.07, 6.45) is 1.86. The number of ether oxygens (including phenoxy) is 1. The first-order valence-corrected chi connectivity index (χ1v) is 10.1. The number of fused-ring (bicyclic) bond motifs is 2. The number of rotatable bonds is 4. The van der Waals surface area contributed by atoms with Gasteiger partial charge >= 0.3 is 0 Å². The largest absolute Gasteiger partial charge is 0.494 e. The zero-order valence-electron chi connectivity index (χ0n) is 16.0. The number of halogens is 2. The van der Waals surface area contributed by atoms with Crippen molar-refractivity contribution in [2.24, 2.45) is 5.73 Å². The predicted molar refractivity (Wildman–Crippen MR) is 120 cm³/mol. The van der Waals surface area contributed by atoms with Crippen molar-refractivity contribution in [3.05, 3.63) is 62.3 Å².